The number of nitrogens with zero attached hydrogens (tertiary/aromatic N) is 2. The fourth-order valence-corrected chi connectivity index (χ4v) is 1.53. The summed E-state index contributed by atoms with van der Waals surface area (Å²) in [5, 5.41) is 4.07. The summed E-state index contributed by atoms with van der Waals surface area (Å²) < 4.78 is 1.27. The van der Waals surface area contributed by atoms with Crippen LogP contribution in [0, 0.1) is 6.92 Å². The molecule has 0 aliphatic carbocycles. The number of thioether (sulfide) groups is 1. The molecule has 0 radical (unpaired) electrons. The maximum Gasteiger partial charge on any atom is 0.196 e. The van der Waals surface area contributed by atoms with Gasteiger partial charge in [0.25, 0.3) is 0 Å². The Bertz CT molecular complexity index is 336. The SMILES string of the molecule is CSC(C)(C)C(=O)c1c(C)cnn1C. The van der Waals surface area contributed by atoms with Crippen molar-refractivity contribution in [3.63, 3.8) is 0 Å². The minimum Gasteiger partial charge on any atom is -0.291 e. The van der Waals surface area contributed by atoms with Crippen LogP contribution in [0.25, 0.3) is 0 Å². The van der Waals surface area contributed by atoms with Crippen molar-refractivity contribution in [1.29, 1.82) is 0 Å². The third kappa shape index (κ3) is 1.85. The lowest BCUT2D eigenvalue weighted by Gasteiger charge is -2.20. The average Bonchev–Trinajstić information content (AvgIpc) is 2.45. The monoisotopic (exact) mass is 212 g/mol. The molecule has 14 heavy (non-hydrogen) atoms. The lowest BCUT2D eigenvalue weighted by atomic mass is 10.0. The largest absolute Gasteiger partial charge is 0.291 e. The Labute approximate surface area is 88.9 Å². The molecule has 0 N–H and O–H groups in total. The van der Waals surface area contributed by atoms with Crippen molar-refractivity contribution in [2.75, 3.05) is 6.26 Å². The summed E-state index contributed by atoms with van der Waals surface area (Å²) in [6.45, 7) is 5.79. The zero-order valence-corrected chi connectivity index (χ0v) is 10.1. The van der Waals surface area contributed by atoms with Gasteiger partial charge in [0.05, 0.1) is 10.9 Å². The lowest BCUT2D eigenvalue weighted by molar-refractivity contribution is 0.0948. The molecule has 0 aromatic carbocycles. The highest BCUT2D eigenvalue weighted by Crippen LogP contribution is 2.26. The van der Waals surface area contributed by atoms with E-state index in [-0.39, 0.29) is 10.5 Å². The van der Waals surface area contributed by atoms with E-state index in [0.29, 0.717) is 5.69 Å². The molecule has 0 bridgehead atoms. The summed E-state index contributed by atoms with van der Waals surface area (Å²) in [5.74, 6) is 0.141. The Morgan fingerprint density at radius 1 is 1.57 bits per heavy atom. The normalized spacial score (nSPS) is 11.8. The highest BCUT2D eigenvalue weighted by atomic mass is 32.2. The van der Waals surface area contributed by atoms with Crippen molar-refractivity contribution in [1.82, 2.24) is 9.78 Å². The van der Waals surface area contributed by atoms with Crippen LogP contribution >= 0.6 is 11.8 Å². The Hall–Kier alpha value is -0.770. The summed E-state index contributed by atoms with van der Waals surface area (Å²) in [4.78, 5) is 12.1. The molecule has 0 aliphatic rings. The number of Topliss-reactive ketones (excluding diaryl/α,β-unsaturated/α-hetero) is 1. The van der Waals surface area contributed by atoms with Gasteiger partial charge in [0, 0.05) is 7.05 Å². The van der Waals surface area contributed by atoms with Crippen molar-refractivity contribution < 1.29 is 4.79 Å². The smallest absolute Gasteiger partial charge is 0.196 e. The highest BCUT2D eigenvalue weighted by molar-refractivity contribution is 8.00. The standard InChI is InChI=1S/C10H16N2OS/c1-7-6-11-12(4)8(7)9(13)10(2,3)14-5/h6H,1-5H3. The summed E-state index contributed by atoms with van der Waals surface area (Å²) in [6, 6.07) is 0. The minimum absolute atomic E-state index is 0.141. The molecular formula is C10H16N2OS. The van der Waals surface area contributed by atoms with Gasteiger partial charge in [-0.2, -0.15) is 16.9 Å². The molecule has 0 atom stereocenters. The number of aryl methyl sites for hydroxylation is 2. The molecule has 1 aromatic rings. The molecule has 0 saturated heterocycles. The van der Waals surface area contributed by atoms with Crippen LogP contribution in [0.1, 0.15) is 29.9 Å². The number of carbonyl (C=O) groups excluding carboxylic acids is 1. The summed E-state index contributed by atoms with van der Waals surface area (Å²) in [5.41, 5.74) is 1.66. The maximum absolute atomic E-state index is 12.1. The van der Waals surface area contributed by atoms with E-state index in [4.69, 9.17) is 0 Å². The molecule has 0 unspecified atom stereocenters. The van der Waals surface area contributed by atoms with Crippen LogP contribution in [0.4, 0.5) is 0 Å². The zero-order chi connectivity index (χ0) is 10.9. The van der Waals surface area contributed by atoms with Crippen LogP contribution in [-0.4, -0.2) is 26.6 Å². The van der Waals surface area contributed by atoms with E-state index in [1.807, 2.05) is 27.0 Å². The van der Waals surface area contributed by atoms with Gasteiger partial charge in [0.15, 0.2) is 5.78 Å². The van der Waals surface area contributed by atoms with Gasteiger partial charge in [-0.25, -0.2) is 0 Å². The van der Waals surface area contributed by atoms with Gasteiger partial charge in [-0.05, 0) is 32.6 Å². The van der Waals surface area contributed by atoms with Crippen molar-refractivity contribution in [3.8, 4) is 0 Å². The fraction of sp³-hybridized carbons (Fsp3) is 0.600. The lowest BCUT2D eigenvalue weighted by Crippen LogP contribution is -2.29. The van der Waals surface area contributed by atoms with Gasteiger partial charge in [0.1, 0.15) is 5.69 Å². The third-order valence-corrected chi connectivity index (χ3v) is 3.60. The molecule has 0 saturated carbocycles. The van der Waals surface area contributed by atoms with E-state index in [0.717, 1.165) is 5.56 Å². The number of aromatic nitrogens is 2. The zero-order valence-electron chi connectivity index (χ0n) is 9.29. The second kappa shape index (κ2) is 3.77. The number of rotatable bonds is 3. The van der Waals surface area contributed by atoms with E-state index in [1.54, 1.807) is 29.7 Å². The summed E-state index contributed by atoms with van der Waals surface area (Å²) >= 11 is 1.56. The van der Waals surface area contributed by atoms with Gasteiger partial charge >= 0.3 is 0 Å². The van der Waals surface area contributed by atoms with E-state index < -0.39 is 0 Å². The number of carbonyl (C=O) groups is 1. The van der Waals surface area contributed by atoms with Gasteiger partial charge in [0.2, 0.25) is 0 Å². The predicted octanol–water partition coefficient (Wildman–Crippen LogP) is 2.05. The molecular weight excluding hydrogens is 196 g/mol. The fourth-order valence-electron chi connectivity index (χ4n) is 1.25. The van der Waals surface area contributed by atoms with Crippen LogP contribution in [0.2, 0.25) is 0 Å². The highest BCUT2D eigenvalue weighted by Gasteiger charge is 2.30. The molecule has 0 fully saturated rings. The topological polar surface area (TPSA) is 34.9 Å². The molecule has 1 rings (SSSR count). The van der Waals surface area contributed by atoms with E-state index in [2.05, 4.69) is 5.10 Å². The van der Waals surface area contributed by atoms with Crippen LogP contribution < -0.4 is 0 Å². The van der Waals surface area contributed by atoms with Crippen LogP contribution in [-0.2, 0) is 7.05 Å². The first-order valence-electron chi connectivity index (χ1n) is 4.48. The van der Waals surface area contributed by atoms with Crippen LogP contribution in [0.15, 0.2) is 6.20 Å². The summed E-state index contributed by atoms with van der Waals surface area (Å²) in [7, 11) is 1.80. The first-order chi connectivity index (χ1) is 6.40. The van der Waals surface area contributed by atoms with Crippen molar-refractivity contribution in [3.05, 3.63) is 17.5 Å². The average molecular weight is 212 g/mol. The van der Waals surface area contributed by atoms with Gasteiger partial charge < -0.3 is 0 Å². The maximum atomic E-state index is 12.1. The predicted molar refractivity (Wildman–Crippen MR) is 59.9 cm³/mol. The van der Waals surface area contributed by atoms with Crippen LogP contribution in [0.5, 0.6) is 0 Å². The Kier molecular flexibility index (Phi) is 3.04. The van der Waals surface area contributed by atoms with E-state index >= 15 is 0 Å². The van der Waals surface area contributed by atoms with E-state index in [1.165, 1.54) is 0 Å². The van der Waals surface area contributed by atoms with Gasteiger partial charge in [-0.3, -0.25) is 9.48 Å². The van der Waals surface area contributed by atoms with Gasteiger partial charge in [-0.1, -0.05) is 0 Å². The molecule has 0 aliphatic heterocycles. The molecule has 3 nitrogen and oxygen atoms in total. The van der Waals surface area contributed by atoms with E-state index in [9.17, 15) is 4.79 Å². The quantitative estimate of drug-likeness (QED) is 0.719. The molecule has 1 heterocycles. The van der Waals surface area contributed by atoms with Crippen LogP contribution in [0.3, 0.4) is 0 Å². The minimum atomic E-state index is -0.376. The Balaban J connectivity index is 3.13. The molecule has 78 valence electrons. The summed E-state index contributed by atoms with van der Waals surface area (Å²) in [6.07, 6.45) is 3.67. The molecule has 0 spiro atoms. The second-order valence-electron chi connectivity index (χ2n) is 3.84. The van der Waals surface area contributed by atoms with Crippen molar-refractivity contribution in [2.24, 2.45) is 7.05 Å². The van der Waals surface area contributed by atoms with Crippen molar-refractivity contribution >= 4 is 17.5 Å². The molecule has 0 amide bonds. The third-order valence-electron chi connectivity index (χ3n) is 2.39. The molecule has 4 heteroatoms. The van der Waals surface area contributed by atoms with Crippen molar-refractivity contribution in [2.45, 2.75) is 25.5 Å². The number of hydrogen-bond acceptors (Lipinski definition) is 3. The second-order valence-corrected chi connectivity index (χ2v) is 5.27. The number of ketones is 1. The first kappa shape index (κ1) is 11.3. The number of hydrogen-bond donors (Lipinski definition) is 0. The Morgan fingerprint density at radius 2 is 2.14 bits per heavy atom. The Morgan fingerprint density at radius 3 is 2.50 bits per heavy atom. The van der Waals surface area contributed by atoms with Gasteiger partial charge in [-0.15, -0.1) is 0 Å². The molecule has 1 aromatic heterocycles. The first-order valence-corrected chi connectivity index (χ1v) is 5.71.